The van der Waals surface area contributed by atoms with Gasteiger partial charge in [0.2, 0.25) is 29.5 Å². The molecule has 2 rings (SSSR count). The Bertz CT molecular complexity index is 1440. The zero-order chi connectivity index (χ0) is 43.4. The average Bonchev–Trinajstić information content (AvgIpc) is 3.62. The summed E-state index contributed by atoms with van der Waals surface area (Å²) in [4.78, 5) is 74.4. The SMILES string of the molecule is CC[C@H](C)[C@@H]([C@@H](CC(=O)N1CCC[C@H]1[C@H](OC)[C@@H](C)C(=O)N[C@@H](Cc1ccccc1)C(=O)NC(C)(C)C)OC)N(C)C(=O)[C@@H](NC(=O)C(C(C)C)N(C)C)[C@H](C)N. The number of hydrogen-bond donors (Lipinski definition) is 4. The third-order valence-corrected chi connectivity index (χ3v) is 11.2. The first-order chi connectivity index (χ1) is 26.6. The summed E-state index contributed by atoms with van der Waals surface area (Å²) in [7, 11) is 8.40. The van der Waals surface area contributed by atoms with Gasteiger partial charge in [0, 0.05) is 45.8 Å². The van der Waals surface area contributed by atoms with Crippen LogP contribution in [-0.2, 0) is 39.9 Å². The second kappa shape index (κ2) is 22.5. The molecule has 1 fully saturated rings. The Morgan fingerprint density at radius 2 is 1.53 bits per heavy atom. The Morgan fingerprint density at radius 3 is 2.02 bits per heavy atom. The van der Waals surface area contributed by atoms with E-state index in [1.165, 1.54) is 14.2 Å². The summed E-state index contributed by atoms with van der Waals surface area (Å²) < 4.78 is 12.0. The first-order valence-corrected chi connectivity index (χ1v) is 20.6. The van der Waals surface area contributed by atoms with Crippen molar-refractivity contribution in [1.82, 2.24) is 30.7 Å². The van der Waals surface area contributed by atoms with Gasteiger partial charge in [-0.3, -0.25) is 28.9 Å². The Balaban J connectivity index is 2.32. The molecular weight excluding hydrogens is 727 g/mol. The number of benzene rings is 1. The highest BCUT2D eigenvalue weighted by Crippen LogP contribution is 2.29. The average molecular weight is 802 g/mol. The molecule has 5 N–H and O–H groups in total. The van der Waals surface area contributed by atoms with E-state index in [1.807, 2.05) is 97.8 Å². The van der Waals surface area contributed by atoms with E-state index in [9.17, 15) is 24.0 Å². The molecule has 0 bridgehead atoms. The second-order valence-electron chi connectivity index (χ2n) is 17.6. The van der Waals surface area contributed by atoms with Crippen molar-refractivity contribution in [3.05, 3.63) is 35.9 Å². The van der Waals surface area contributed by atoms with Crippen molar-refractivity contribution in [2.45, 2.75) is 148 Å². The quantitative estimate of drug-likeness (QED) is 0.146. The predicted octanol–water partition coefficient (Wildman–Crippen LogP) is 2.97. The smallest absolute Gasteiger partial charge is 0.246 e. The van der Waals surface area contributed by atoms with Gasteiger partial charge in [-0.1, -0.05) is 71.4 Å². The van der Waals surface area contributed by atoms with Crippen LogP contribution >= 0.6 is 0 Å². The molecule has 14 heteroatoms. The molecule has 5 amide bonds. The van der Waals surface area contributed by atoms with E-state index >= 15 is 0 Å². The van der Waals surface area contributed by atoms with Crippen LogP contribution in [0, 0.1) is 17.8 Å². The summed E-state index contributed by atoms with van der Waals surface area (Å²) >= 11 is 0. The molecule has 14 nitrogen and oxygen atoms in total. The monoisotopic (exact) mass is 802 g/mol. The number of nitrogens with two attached hydrogens (primary N) is 1. The third kappa shape index (κ3) is 14.0. The zero-order valence-corrected chi connectivity index (χ0v) is 37.3. The first-order valence-electron chi connectivity index (χ1n) is 20.6. The fraction of sp³-hybridized carbons (Fsp3) is 0.744. The van der Waals surface area contributed by atoms with Gasteiger partial charge in [-0.15, -0.1) is 0 Å². The van der Waals surface area contributed by atoms with Gasteiger partial charge < -0.3 is 41.0 Å². The van der Waals surface area contributed by atoms with E-state index in [2.05, 4.69) is 16.0 Å². The van der Waals surface area contributed by atoms with E-state index in [0.29, 0.717) is 25.8 Å². The Hall–Kier alpha value is -3.59. The maximum atomic E-state index is 14.3. The van der Waals surface area contributed by atoms with E-state index < -0.39 is 59.9 Å². The topological polar surface area (TPSA) is 176 Å². The molecule has 0 aliphatic carbocycles. The third-order valence-electron chi connectivity index (χ3n) is 11.2. The largest absolute Gasteiger partial charge is 0.379 e. The lowest BCUT2D eigenvalue weighted by molar-refractivity contribution is -0.147. The molecule has 324 valence electrons. The highest BCUT2D eigenvalue weighted by atomic mass is 16.5. The standard InChI is InChI=1S/C43H75N7O7/c1-15-27(4)37(49(12)42(55)35(29(6)44)46-41(54)36(26(2)3)48(10)11)33(56-13)25-34(51)50-23-19-22-32(50)38(57-14)28(5)39(52)45-31(40(53)47-43(7,8)9)24-30-20-17-16-18-21-30/h16-18,20-21,26-29,31-33,35-38H,15,19,22-25,44H2,1-14H3,(H,45,52)(H,46,54)(H,47,53)/t27-,28+,29-,31-,32-,33+,35-,36?,37-,38+/m0/s1. The maximum absolute atomic E-state index is 14.3. The Morgan fingerprint density at radius 1 is 0.912 bits per heavy atom. The number of carbonyl (C=O) groups is 5. The van der Waals surface area contributed by atoms with Crippen molar-refractivity contribution in [3.63, 3.8) is 0 Å². The first kappa shape index (κ1) is 49.6. The molecule has 1 aromatic carbocycles. The molecule has 0 spiro atoms. The van der Waals surface area contributed by atoms with Crippen LogP contribution in [0.5, 0.6) is 0 Å². The molecule has 10 atom stereocenters. The van der Waals surface area contributed by atoms with Crippen molar-refractivity contribution in [3.8, 4) is 0 Å². The normalized spacial score (nSPS) is 19.5. The van der Waals surface area contributed by atoms with E-state index in [-0.39, 0.29) is 47.8 Å². The van der Waals surface area contributed by atoms with Gasteiger partial charge in [-0.05, 0) is 72.0 Å². The van der Waals surface area contributed by atoms with Gasteiger partial charge >= 0.3 is 0 Å². The molecule has 1 heterocycles. The summed E-state index contributed by atoms with van der Waals surface area (Å²) in [6, 6.07) is 5.66. The second-order valence-corrected chi connectivity index (χ2v) is 17.6. The zero-order valence-electron chi connectivity index (χ0n) is 37.3. The van der Waals surface area contributed by atoms with Crippen molar-refractivity contribution in [2.75, 3.05) is 41.9 Å². The predicted molar refractivity (Wildman–Crippen MR) is 224 cm³/mol. The highest BCUT2D eigenvalue weighted by molar-refractivity contribution is 5.91. The molecule has 1 aromatic rings. The van der Waals surface area contributed by atoms with Crippen molar-refractivity contribution < 1.29 is 33.4 Å². The summed E-state index contributed by atoms with van der Waals surface area (Å²) in [5.41, 5.74) is 6.74. The number of likely N-dealkylation sites (N-methyl/N-ethyl adjacent to an activating group) is 2. The van der Waals surface area contributed by atoms with Crippen LogP contribution in [0.3, 0.4) is 0 Å². The van der Waals surface area contributed by atoms with Crippen LogP contribution in [-0.4, -0.2) is 140 Å². The van der Waals surface area contributed by atoms with Gasteiger partial charge in [0.25, 0.3) is 0 Å². The van der Waals surface area contributed by atoms with Crippen molar-refractivity contribution >= 4 is 29.5 Å². The van der Waals surface area contributed by atoms with Crippen LogP contribution in [0.1, 0.15) is 93.6 Å². The molecule has 57 heavy (non-hydrogen) atoms. The van der Waals surface area contributed by atoms with E-state index in [4.69, 9.17) is 15.2 Å². The number of methoxy groups -OCH3 is 2. The number of likely N-dealkylation sites (tertiary alicyclic amines) is 1. The molecule has 1 aliphatic heterocycles. The van der Waals surface area contributed by atoms with Gasteiger partial charge in [0.1, 0.15) is 12.1 Å². The van der Waals surface area contributed by atoms with Crippen LogP contribution in [0.25, 0.3) is 0 Å². The fourth-order valence-corrected chi connectivity index (χ4v) is 8.13. The maximum Gasteiger partial charge on any atom is 0.246 e. The number of carbonyl (C=O) groups excluding carboxylic acids is 5. The van der Waals surface area contributed by atoms with Crippen LogP contribution in [0.4, 0.5) is 0 Å². The fourth-order valence-electron chi connectivity index (χ4n) is 8.13. The minimum atomic E-state index is -0.992. The summed E-state index contributed by atoms with van der Waals surface area (Å²) in [5.74, 6) is -2.23. The lowest BCUT2D eigenvalue weighted by atomic mass is 9.89. The molecule has 0 radical (unpaired) electrons. The summed E-state index contributed by atoms with van der Waals surface area (Å²) in [5, 5.41) is 8.90. The summed E-state index contributed by atoms with van der Waals surface area (Å²) in [6.07, 6.45) is 1.01. The van der Waals surface area contributed by atoms with Crippen LogP contribution < -0.4 is 21.7 Å². The minimum Gasteiger partial charge on any atom is -0.379 e. The van der Waals surface area contributed by atoms with Crippen LogP contribution in [0.2, 0.25) is 0 Å². The summed E-state index contributed by atoms with van der Waals surface area (Å²) in [6.45, 7) is 17.5. The van der Waals surface area contributed by atoms with Gasteiger partial charge in [-0.25, -0.2) is 0 Å². The van der Waals surface area contributed by atoms with E-state index in [0.717, 1.165) is 12.0 Å². The van der Waals surface area contributed by atoms with E-state index in [1.54, 1.807) is 30.7 Å². The molecule has 0 aromatic heterocycles. The number of amides is 5. The lowest BCUT2D eigenvalue weighted by Gasteiger charge is -2.41. The minimum absolute atomic E-state index is 0.000660. The number of nitrogens with one attached hydrogen (secondary N) is 3. The number of hydrogen-bond acceptors (Lipinski definition) is 9. The lowest BCUT2D eigenvalue weighted by Crippen LogP contribution is -2.62. The molecule has 0 saturated carbocycles. The van der Waals surface area contributed by atoms with Crippen molar-refractivity contribution in [1.29, 1.82) is 0 Å². The molecule has 1 aliphatic rings. The molecule has 1 unspecified atom stereocenters. The molecular formula is C43H75N7O7. The number of rotatable bonds is 21. The number of ether oxygens (including phenoxy) is 2. The van der Waals surface area contributed by atoms with Crippen LogP contribution in [0.15, 0.2) is 30.3 Å². The number of nitrogens with zero attached hydrogens (tertiary/aromatic N) is 3. The van der Waals surface area contributed by atoms with Gasteiger partial charge in [0.15, 0.2) is 0 Å². The van der Waals surface area contributed by atoms with Gasteiger partial charge in [-0.2, -0.15) is 0 Å². The van der Waals surface area contributed by atoms with Gasteiger partial charge in [0.05, 0.1) is 42.7 Å². The Labute approximate surface area is 342 Å². The molecule has 1 saturated heterocycles. The van der Waals surface area contributed by atoms with Crippen molar-refractivity contribution in [2.24, 2.45) is 23.5 Å². The highest BCUT2D eigenvalue weighted by Gasteiger charge is 2.43. The Kier molecular flexibility index (Phi) is 19.6.